The summed E-state index contributed by atoms with van der Waals surface area (Å²) in [5, 5.41) is 19.6. The predicted octanol–water partition coefficient (Wildman–Crippen LogP) is 2.03. The van der Waals surface area contributed by atoms with Crippen molar-refractivity contribution in [3.8, 4) is 6.07 Å². The minimum atomic E-state index is 0.505. The van der Waals surface area contributed by atoms with Crippen LogP contribution < -0.4 is 10.2 Å². The molecule has 0 fully saturated rings. The molecule has 2 N–H and O–H groups in total. The highest BCUT2D eigenvalue weighted by Crippen LogP contribution is 2.29. The number of nitriles is 1. The molecular formula is C14H13N7. The zero-order valence-electron chi connectivity index (χ0n) is 11.6. The average molecular weight is 279 g/mol. The van der Waals surface area contributed by atoms with E-state index >= 15 is 0 Å². The van der Waals surface area contributed by atoms with Gasteiger partial charge in [0.2, 0.25) is 5.95 Å². The van der Waals surface area contributed by atoms with E-state index in [4.69, 9.17) is 5.26 Å². The summed E-state index contributed by atoms with van der Waals surface area (Å²) in [5.74, 6) is 1.22. The van der Waals surface area contributed by atoms with Gasteiger partial charge in [0, 0.05) is 19.8 Å². The van der Waals surface area contributed by atoms with Crippen LogP contribution in [0.2, 0.25) is 0 Å². The molecule has 1 aromatic carbocycles. The van der Waals surface area contributed by atoms with Crippen LogP contribution in [-0.4, -0.2) is 34.3 Å². The van der Waals surface area contributed by atoms with Gasteiger partial charge in [-0.25, -0.2) is 0 Å². The number of nitrogens with zero attached hydrogens (tertiary/aromatic N) is 5. The molecule has 3 aromatic rings. The van der Waals surface area contributed by atoms with Crippen molar-refractivity contribution < 1.29 is 0 Å². The molecule has 0 amide bonds. The van der Waals surface area contributed by atoms with Gasteiger partial charge in [-0.1, -0.05) is 6.07 Å². The third-order valence-electron chi connectivity index (χ3n) is 3.19. The minimum absolute atomic E-state index is 0.505. The number of benzene rings is 1. The number of rotatable bonds is 3. The maximum atomic E-state index is 9.02. The van der Waals surface area contributed by atoms with Gasteiger partial charge in [-0.3, -0.25) is 5.10 Å². The largest absolute Gasteiger partial charge is 0.357 e. The first kappa shape index (κ1) is 12.9. The Kier molecular flexibility index (Phi) is 3.12. The molecule has 0 bridgehead atoms. The van der Waals surface area contributed by atoms with E-state index in [0.717, 1.165) is 11.1 Å². The van der Waals surface area contributed by atoms with Crippen LogP contribution in [0.25, 0.3) is 11.0 Å². The summed E-state index contributed by atoms with van der Waals surface area (Å²) >= 11 is 0. The van der Waals surface area contributed by atoms with Crippen LogP contribution in [0, 0.1) is 11.3 Å². The smallest absolute Gasteiger partial charge is 0.226 e. The SMILES string of the molecule is CNc1nc(N(C)c2cccc(C#N)c2)c2cn[nH]c2n1. The number of anilines is 3. The highest BCUT2D eigenvalue weighted by atomic mass is 15.2. The number of hydrogen-bond donors (Lipinski definition) is 2. The van der Waals surface area contributed by atoms with Crippen molar-refractivity contribution in [2.45, 2.75) is 0 Å². The van der Waals surface area contributed by atoms with E-state index in [1.165, 1.54) is 0 Å². The Hall–Kier alpha value is -3.14. The molecule has 0 aliphatic rings. The van der Waals surface area contributed by atoms with Crippen molar-refractivity contribution >= 4 is 28.5 Å². The summed E-state index contributed by atoms with van der Waals surface area (Å²) in [6, 6.07) is 9.49. The summed E-state index contributed by atoms with van der Waals surface area (Å²) in [4.78, 5) is 10.7. The van der Waals surface area contributed by atoms with Crippen molar-refractivity contribution in [2.75, 3.05) is 24.3 Å². The monoisotopic (exact) mass is 279 g/mol. The summed E-state index contributed by atoms with van der Waals surface area (Å²) < 4.78 is 0. The van der Waals surface area contributed by atoms with Gasteiger partial charge in [0.15, 0.2) is 5.65 Å². The van der Waals surface area contributed by atoms with Gasteiger partial charge in [-0.15, -0.1) is 0 Å². The Morgan fingerprint density at radius 2 is 2.19 bits per heavy atom. The van der Waals surface area contributed by atoms with Crippen molar-refractivity contribution in [1.29, 1.82) is 5.26 Å². The Bertz CT molecular complexity index is 831. The third-order valence-corrected chi connectivity index (χ3v) is 3.19. The summed E-state index contributed by atoms with van der Waals surface area (Å²) in [6.45, 7) is 0. The van der Waals surface area contributed by atoms with Crippen molar-refractivity contribution in [2.24, 2.45) is 0 Å². The highest BCUT2D eigenvalue weighted by Gasteiger charge is 2.14. The Balaban J connectivity index is 2.14. The van der Waals surface area contributed by atoms with Crippen molar-refractivity contribution in [3.63, 3.8) is 0 Å². The van der Waals surface area contributed by atoms with E-state index in [2.05, 4.69) is 31.6 Å². The number of aromatic amines is 1. The quantitative estimate of drug-likeness (QED) is 0.762. The molecule has 0 radical (unpaired) electrons. The minimum Gasteiger partial charge on any atom is -0.357 e. The van der Waals surface area contributed by atoms with Crippen LogP contribution in [0.3, 0.4) is 0 Å². The van der Waals surface area contributed by atoms with Crippen LogP contribution in [0.4, 0.5) is 17.5 Å². The lowest BCUT2D eigenvalue weighted by molar-refractivity contribution is 1.08. The van der Waals surface area contributed by atoms with E-state index in [9.17, 15) is 0 Å². The van der Waals surface area contributed by atoms with Crippen LogP contribution in [-0.2, 0) is 0 Å². The van der Waals surface area contributed by atoms with Crippen LogP contribution in [0.15, 0.2) is 30.5 Å². The van der Waals surface area contributed by atoms with E-state index in [1.54, 1.807) is 19.3 Å². The lowest BCUT2D eigenvalue weighted by Crippen LogP contribution is -2.13. The highest BCUT2D eigenvalue weighted by molar-refractivity contribution is 5.89. The Morgan fingerprint density at radius 3 is 2.95 bits per heavy atom. The molecule has 0 aliphatic carbocycles. The first-order chi connectivity index (χ1) is 10.2. The van der Waals surface area contributed by atoms with Crippen LogP contribution in [0.1, 0.15) is 5.56 Å². The maximum absolute atomic E-state index is 9.02. The zero-order chi connectivity index (χ0) is 14.8. The Labute approximate surface area is 121 Å². The van der Waals surface area contributed by atoms with Gasteiger partial charge >= 0.3 is 0 Å². The predicted molar refractivity (Wildman–Crippen MR) is 80.5 cm³/mol. The first-order valence-electron chi connectivity index (χ1n) is 6.35. The molecule has 21 heavy (non-hydrogen) atoms. The van der Waals surface area contributed by atoms with Crippen molar-refractivity contribution in [1.82, 2.24) is 20.2 Å². The first-order valence-corrected chi connectivity index (χ1v) is 6.35. The van der Waals surface area contributed by atoms with Crippen LogP contribution in [0.5, 0.6) is 0 Å². The van der Waals surface area contributed by atoms with E-state index in [-0.39, 0.29) is 0 Å². The summed E-state index contributed by atoms with van der Waals surface area (Å²) in [6.07, 6.45) is 1.69. The molecule has 0 unspecified atom stereocenters. The van der Waals surface area contributed by atoms with Gasteiger partial charge in [0.05, 0.1) is 23.2 Å². The lowest BCUT2D eigenvalue weighted by Gasteiger charge is -2.19. The van der Waals surface area contributed by atoms with E-state index < -0.39 is 0 Å². The number of H-pyrrole nitrogens is 1. The van der Waals surface area contributed by atoms with E-state index in [1.807, 2.05) is 30.1 Å². The summed E-state index contributed by atoms with van der Waals surface area (Å²) in [7, 11) is 3.66. The van der Waals surface area contributed by atoms with Gasteiger partial charge in [0.1, 0.15) is 5.82 Å². The normalized spacial score (nSPS) is 10.3. The third kappa shape index (κ3) is 2.23. The molecular weight excluding hydrogens is 266 g/mol. The molecule has 2 aromatic heterocycles. The maximum Gasteiger partial charge on any atom is 0.226 e. The van der Waals surface area contributed by atoms with Gasteiger partial charge in [0.25, 0.3) is 0 Å². The molecule has 0 saturated carbocycles. The molecule has 0 saturated heterocycles. The molecule has 104 valence electrons. The van der Waals surface area contributed by atoms with Crippen molar-refractivity contribution in [3.05, 3.63) is 36.0 Å². The fraction of sp³-hybridized carbons (Fsp3) is 0.143. The number of fused-ring (bicyclic) bond motifs is 1. The fourth-order valence-corrected chi connectivity index (χ4v) is 2.09. The van der Waals surface area contributed by atoms with E-state index in [0.29, 0.717) is 23.0 Å². The second-order valence-corrected chi connectivity index (χ2v) is 4.47. The summed E-state index contributed by atoms with van der Waals surface area (Å²) in [5.41, 5.74) is 2.13. The standard InChI is InChI=1S/C14H13N7/c1-16-14-18-12-11(8-17-20-12)13(19-14)21(2)10-5-3-4-9(6-10)7-15/h3-6,8H,1-2H3,(H2,16,17,18,19,20). The van der Waals surface area contributed by atoms with Gasteiger partial charge < -0.3 is 10.2 Å². The topological polar surface area (TPSA) is 93.5 Å². The number of aromatic nitrogens is 4. The molecule has 7 heteroatoms. The molecule has 0 aliphatic heterocycles. The molecule has 3 rings (SSSR count). The lowest BCUT2D eigenvalue weighted by atomic mass is 10.2. The molecule has 0 atom stereocenters. The number of nitrogens with one attached hydrogen (secondary N) is 2. The molecule has 2 heterocycles. The van der Waals surface area contributed by atoms with Crippen LogP contribution >= 0.6 is 0 Å². The second-order valence-electron chi connectivity index (χ2n) is 4.47. The average Bonchev–Trinajstić information content (AvgIpc) is 3.01. The van der Waals surface area contributed by atoms with Gasteiger partial charge in [-0.2, -0.15) is 20.3 Å². The molecule has 0 spiro atoms. The molecule has 7 nitrogen and oxygen atoms in total. The Morgan fingerprint density at radius 1 is 1.33 bits per heavy atom. The second kappa shape index (κ2) is 5.09. The zero-order valence-corrected chi connectivity index (χ0v) is 11.6. The number of hydrogen-bond acceptors (Lipinski definition) is 6. The van der Waals surface area contributed by atoms with Gasteiger partial charge in [-0.05, 0) is 18.2 Å². The fourth-order valence-electron chi connectivity index (χ4n) is 2.09.